The topological polar surface area (TPSA) is 59.0 Å². The standard InChI is InChI=1S/C13H18N2O/c14-9-4-1-5-11-16-13-7-3-2-6-12(13)8-10-15/h2-3,6-7H,1,4-5,8,10-11,15H2. The summed E-state index contributed by atoms with van der Waals surface area (Å²) in [5.41, 5.74) is 6.69. The number of ether oxygens (including phenoxy) is 1. The lowest BCUT2D eigenvalue weighted by atomic mass is 10.1. The minimum atomic E-state index is 0.605. The summed E-state index contributed by atoms with van der Waals surface area (Å²) in [5, 5.41) is 8.39. The quantitative estimate of drug-likeness (QED) is 0.714. The van der Waals surface area contributed by atoms with Gasteiger partial charge in [-0.25, -0.2) is 0 Å². The fourth-order valence-corrected chi connectivity index (χ4v) is 1.49. The molecule has 2 N–H and O–H groups in total. The number of nitriles is 1. The van der Waals surface area contributed by atoms with E-state index in [2.05, 4.69) is 6.07 Å². The second-order valence-electron chi connectivity index (χ2n) is 3.61. The van der Waals surface area contributed by atoms with Crippen LogP contribution in [0.25, 0.3) is 0 Å². The molecule has 0 radical (unpaired) electrons. The van der Waals surface area contributed by atoms with Crippen LogP contribution < -0.4 is 10.5 Å². The van der Waals surface area contributed by atoms with Gasteiger partial charge in [-0.05, 0) is 37.4 Å². The predicted octanol–water partition coefficient (Wildman–Crippen LogP) is 2.26. The maximum absolute atomic E-state index is 8.39. The molecular weight excluding hydrogens is 200 g/mol. The first-order valence-corrected chi connectivity index (χ1v) is 5.66. The van der Waals surface area contributed by atoms with Crippen LogP contribution in [0.2, 0.25) is 0 Å². The van der Waals surface area contributed by atoms with E-state index in [1.54, 1.807) is 0 Å². The summed E-state index contributed by atoms with van der Waals surface area (Å²) in [6.07, 6.45) is 3.27. The normalized spacial score (nSPS) is 9.75. The summed E-state index contributed by atoms with van der Waals surface area (Å²) in [4.78, 5) is 0. The van der Waals surface area contributed by atoms with Gasteiger partial charge in [0, 0.05) is 6.42 Å². The van der Waals surface area contributed by atoms with Gasteiger partial charge in [-0.2, -0.15) is 5.26 Å². The smallest absolute Gasteiger partial charge is 0.122 e. The van der Waals surface area contributed by atoms with Gasteiger partial charge < -0.3 is 10.5 Å². The second kappa shape index (κ2) is 7.72. The highest BCUT2D eigenvalue weighted by molar-refractivity contribution is 5.33. The Labute approximate surface area is 96.8 Å². The molecule has 86 valence electrons. The minimum absolute atomic E-state index is 0.605. The Morgan fingerprint density at radius 1 is 1.25 bits per heavy atom. The van der Waals surface area contributed by atoms with Crippen molar-refractivity contribution in [3.63, 3.8) is 0 Å². The Hall–Kier alpha value is -1.53. The molecule has 1 aromatic carbocycles. The average Bonchev–Trinajstić information content (AvgIpc) is 2.31. The fraction of sp³-hybridized carbons (Fsp3) is 0.462. The molecule has 0 aliphatic heterocycles. The third-order valence-electron chi connectivity index (χ3n) is 2.33. The molecule has 0 heterocycles. The van der Waals surface area contributed by atoms with Crippen LogP contribution >= 0.6 is 0 Å². The zero-order chi connectivity index (χ0) is 11.6. The van der Waals surface area contributed by atoms with Crippen LogP contribution in [0, 0.1) is 11.3 Å². The molecule has 0 aliphatic carbocycles. The molecule has 0 aliphatic rings. The van der Waals surface area contributed by atoms with Crippen LogP contribution in [0.3, 0.4) is 0 Å². The lowest BCUT2D eigenvalue weighted by molar-refractivity contribution is 0.304. The van der Waals surface area contributed by atoms with E-state index >= 15 is 0 Å². The number of hydrogen-bond donors (Lipinski definition) is 1. The number of nitrogens with two attached hydrogens (primary N) is 1. The van der Waals surface area contributed by atoms with Crippen molar-refractivity contribution in [1.82, 2.24) is 0 Å². The largest absolute Gasteiger partial charge is 0.493 e. The molecule has 0 aromatic heterocycles. The highest BCUT2D eigenvalue weighted by Gasteiger charge is 2.01. The zero-order valence-corrected chi connectivity index (χ0v) is 9.48. The van der Waals surface area contributed by atoms with Crippen molar-refractivity contribution in [2.24, 2.45) is 5.73 Å². The van der Waals surface area contributed by atoms with Gasteiger partial charge in [-0.15, -0.1) is 0 Å². The molecule has 0 saturated heterocycles. The van der Waals surface area contributed by atoms with E-state index in [0.717, 1.165) is 30.6 Å². The van der Waals surface area contributed by atoms with E-state index < -0.39 is 0 Å². The molecule has 0 atom stereocenters. The number of benzene rings is 1. The summed E-state index contributed by atoms with van der Waals surface area (Å²) in [5.74, 6) is 0.921. The van der Waals surface area contributed by atoms with Gasteiger partial charge in [0.05, 0.1) is 12.7 Å². The van der Waals surface area contributed by atoms with Crippen molar-refractivity contribution < 1.29 is 4.74 Å². The van der Waals surface area contributed by atoms with Crippen molar-refractivity contribution in [2.45, 2.75) is 25.7 Å². The summed E-state index contributed by atoms with van der Waals surface area (Å²) in [6, 6.07) is 10.1. The third kappa shape index (κ3) is 4.33. The van der Waals surface area contributed by atoms with Gasteiger partial charge in [0.15, 0.2) is 0 Å². The van der Waals surface area contributed by atoms with E-state index in [4.69, 9.17) is 15.7 Å². The van der Waals surface area contributed by atoms with Gasteiger partial charge in [-0.3, -0.25) is 0 Å². The van der Waals surface area contributed by atoms with Gasteiger partial charge in [0.25, 0.3) is 0 Å². The lowest BCUT2D eigenvalue weighted by Crippen LogP contribution is -2.06. The molecular formula is C13H18N2O. The molecule has 0 unspecified atom stereocenters. The van der Waals surface area contributed by atoms with Crippen molar-refractivity contribution in [1.29, 1.82) is 5.26 Å². The maximum atomic E-state index is 8.39. The Morgan fingerprint density at radius 3 is 2.81 bits per heavy atom. The number of hydrogen-bond acceptors (Lipinski definition) is 3. The lowest BCUT2D eigenvalue weighted by Gasteiger charge is -2.10. The number of para-hydroxylation sites is 1. The van der Waals surface area contributed by atoms with Crippen LogP contribution in [-0.4, -0.2) is 13.2 Å². The van der Waals surface area contributed by atoms with Crippen LogP contribution in [0.4, 0.5) is 0 Å². The van der Waals surface area contributed by atoms with Crippen LogP contribution in [-0.2, 0) is 6.42 Å². The molecule has 3 heteroatoms. The number of rotatable bonds is 7. The first-order valence-electron chi connectivity index (χ1n) is 5.66. The Morgan fingerprint density at radius 2 is 2.06 bits per heavy atom. The van der Waals surface area contributed by atoms with E-state index in [0.29, 0.717) is 19.6 Å². The van der Waals surface area contributed by atoms with Gasteiger partial charge in [-0.1, -0.05) is 18.2 Å². The van der Waals surface area contributed by atoms with Gasteiger partial charge >= 0.3 is 0 Å². The average molecular weight is 218 g/mol. The number of unbranched alkanes of at least 4 members (excludes halogenated alkanes) is 2. The zero-order valence-electron chi connectivity index (χ0n) is 9.48. The molecule has 0 bridgehead atoms. The van der Waals surface area contributed by atoms with E-state index in [1.807, 2.05) is 24.3 Å². The Balaban J connectivity index is 2.38. The third-order valence-corrected chi connectivity index (χ3v) is 2.33. The monoisotopic (exact) mass is 218 g/mol. The molecule has 0 saturated carbocycles. The van der Waals surface area contributed by atoms with Crippen molar-refractivity contribution in [3.8, 4) is 11.8 Å². The first-order chi connectivity index (χ1) is 7.88. The van der Waals surface area contributed by atoms with E-state index in [1.165, 1.54) is 0 Å². The molecule has 0 fully saturated rings. The molecule has 0 amide bonds. The highest BCUT2D eigenvalue weighted by Crippen LogP contribution is 2.18. The summed E-state index contributed by atoms with van der Waals surface area (Å²) >= 11 is 0. The molecule has 1 aromatic rings. The second-order valence-corrected chi connectivity index (χ2v) is 3.61. The highest BCUT2D eigenvalue weighted by atomic mass is 16.5. The first kappa shape index (κ1) is 12.5. The predicted molar refractivity (Wildman–Crippen MR) is 64.2 cm³/mol. The molecule has 0 spiro atoms. The maximum Gasteiger partial charge on any atom is 0.122 e. The SMILES string of the molecule is N#CCCCCOc1ccccc1CCN. The van der Waals surface area contributed by atoms with Crippen LogP contribution in [0.15, 0.2) is 24.3 Å². The Bertz CT molecular complexity index is 344. The Kier molecular flexibility index (Phi) is 6.05. The van der Waals surface area contributed by atoms with Crippen molar-refractivity contribution in [3.05, 3.63) is 29.8 Å². The molecule has 3 nitrogen and oxygen atoms in total. The fourth-order valence-electron chi connectivity index (χ4n) is 1.49. The number of nitrogens with zero attached hydrogens (tertiary/aromatic N) is 1. The summed E-state index contributed by atoms with van der Waals surface area (Å²) < 4.78 is 5.67. The molecule has 1 rings (SSSR count). The van der Waals surface area contributed by atoms with E-state index in [-0.39, 0.29) is 0 Å². The summed E-state index contributed by atoms with van der Waals surface area (Å²) in [7, 11) is 0. The van der Waals surface area contributed by atoms with Crippen LogP contribution in [0.5, 0.6) is 5.75 Å². The van der Waals surface area contributed by atoms with Crippen LogP contribution in [0.1, 0.15) is 24.8 Å². The summed E-state index contributed by atoms with van der Waals surface area (Å²) in [6.45, 7) is 1.30. The van der Waals surface area contributed by atoms with E-state index in [9.17, 15) is 0 Å². The van der Waals surface area contributed by atoms with Crippen molar-refractivity contribution >= 4 is 0 Å². The van der Waals surface area contributed by atoms with Crippen molar-refractivity contribution in [2.75, 3.05) is 13.2 Å². The minimum Gasteiger partial charge on any atom is -0.493 e. The molecule has 16 heavy (non-hydrogen) atoms. The van der Waals surface area contributed by atoms with Gasteiger partial charge in [0.1, 0.15) is 5.75 Å². The van der Waals surface area contributed by atoms with Gasteiger partial charge in [0.2, 0.25) is 0 Å².